The summed E-state index contributed by atoms with van der Waals surface area (Å²) in [5.41, 5.74) is 6.30. The minimum absolute atomic E-state index is 0.200. The molecule has 1 aromatic carbocycles. The third-order valence-electron chi connectivity index (χ3n) is 2.71. The first-order valence-corrected chi connectivity index (χ1v) is 8.83. The minimum atomic E-state index is -3.55. The highest BCUT2D eigenvalue weighted by molar-refractivity contribution is 9.10. The van der Waals surface area contributed by atoms with Crippen molar-refractivity contribution in [3.63, 3.8) is 0 Å². The molecule has 0 bridgehead atoms. The fraction of sp³-hybridized carbons (Fsp3) is 0.538. The lowest BCUT2D eigenvalue weighted by Crippen LogP contribution is -2.26. The van der Waals surface area contributed by atoms with Gasteiger partial charge in [0.15, 0.2) is 0 Å². The largest absolute Gasteiger partial charge is 0.382 e. The zero-order chi connectivity index (χ0) is 15.7. The summed E-state index contributed by atoms with van der Waals surface area (Å²) in [5.74, 6) is 0. The van der Waals surface area contributed by atoms with Gasteiger partial charge in [-0.3, -0.25) is 0 Å². The molecule has 0 saturated heterocycles. The number of sulfonamides is 1. The standard InChI is InChI=1S/C13H21BrN2O4S/c1-19-7-8-20-6-2-5-16-21(17,18)13-9-11(10-15)3-4-12(13)14/h3-4,9,16H,2,5-8,10,15H2,1H3. The molecule has 0 unspecified atom stereocenters. The number of halogens is 1. The molecule has 0 aliphatic rings. The molecule has 21 heavy (non-hydrogen) atoms. The molecule has 1 rings (SSSR count). The Hall–Kier alpha value is -0.510. The van der Waals surface area contributed by atoms with Crippen LogP contribution in [0.4, 0.5) is 0 Å². The van der Waals surface area contributed by atoms with Gasteiger partial charge < -0.3 is 15.2 Å². The molecule has 0 amide bonds. The lowest BCUT2D eigenvalue weighted by Gasteiger charge is -2.10. The fourth-order valence-electron chi connectivity index (χ4n) is 1.58. The Bertz CT molecular complexity index is 537. The predicted molar refractivity (Wildman–Crippen MR) is 84.5 cm³/mol. The van der Waals surface area contributed by atoms with Crippen molar-refractivity contribution in [3.8, 4) is 0 Å². The SMILES string of the molecule is COCCOCCCNS(=O)(=O)c1cc(CN)ccc1Br. The Labute approximate surface area is 134 Å². The van der Waals surface area contributed by atoms with E-state index in [1.807, 2.05) is 0 Å². The van der Waals surface area contributed by atoms with Gasteiger partial charge in [0, 0.05) is 31.3 Å². The number of nitrogens with one attached hydrogen (secondary N) is 1. The molecule has 0 aliphatic carbocycles. The first kappa shape index (κ1) is 18.5. The van der Waals surface area contributed by atoms with Crippen LogP contribution in [0.25, 0.3) is 0 Å². The highest BCUT2D eigenvalue weighted by Crippen LogP contribution is 2.22. The van der Waals surface area contributed by atoms with Crippen molar-refractivity contribution in [1.82, 2.24) is 4.72 Å². The molecule has 120 valence electrons. The van der Waals surface area contributed by atoms with E-state index < -0.39 is 10.0 Å². The minimum Gasteiger partial charge on any atom is -0.382 e. The van der Waals surface area contributed by atoms with Gasteiger partial charge in [0.1, 0.15) is 0 Å². The van der Waals surface area contributed by atoms with E-state index in [4.69, 9.17) is 15.2 Å². The van der Waals surface area contributed by atoms with Crippen LogP contribution in [-0.4, -0.2) is 41.9 Å². The van der Waals surface area contributed by atoms with Crippen molar-refractivity contribution in [2.45, 2.75) is 17.9 Å². The van der Waals surface area contributed by atoms with Crippen LogP contribution in [0.3, 0.4) is 0 Å². The molecule has 0 spiro atoms. The summed E-state index contributed by atoms with van der Waals surface area (Å²) in [6, 6.07) is 5.04. The van der Waals surface area contributed by atoms with Crippen molar-refractivity contribution in [2.75, 3.05) is 33.5 Å². The molecule has 0 atom stereocenters. The molecule has 1 aromatic rings. The first-order valence-electron chi connectivity index (χ1n) is 6.56. The number of hydrogen-bond donors (Lipinski definition) is 2. The summed E-state index contributed by atoms with van der Waals surface area (Å²) in [6.07, 6.45) is 0.594. The molecule has 0 aliphatic heterocycles. The number of ether oxygens (including phenoxy) is 2. The van der Waals surface area contributed by atoms with Gasteiger partial charge in [-0.25, -0.2) is 13.1 Å². The lowest BCUT2D eigenvalue weighted by molar-refractivity contribution is 0.0699. The van der Waals surface area contributed by atoms with Crippen LogP contribution >= 0.6 is 15.9 Å². The highest BCUT2D eigenvalue weighted by Gasteiger charge is 2.17. The molecule has 3 N–H and O–H groups in total. The molecular formula is C13H21BrN2O4S. The van der Waals surface area contributed by atoms with E-state index in [1.165, 1.54) is 0 Å². The fourth-order valence-corrected chi connectivity index (χ4v) is 3.67. The van der Waals surface area contributed by atoms with Gasteiger partial charge in [0.2, 0.25) is 10.0 Å². The number of benzene rings is 1. The van der Waals surface area contributed by atoms with Crippen LogP contribution in [0.1, 0.15) is 12.0 Å². The quantitative estimate of drug-likeness (QED) is 0.595. The zero-order valence-electron chi connectivity index (χ0n) is 12.0. The van der Waals surface area contributed by atoms with Crippen LogP contribution in [0.15, 0.2) is 27.6 Å². The smallest absolute Gasteiger partial charge is 0.241 e. The van der Waals surface area contributed by atoms with Crippen molar-refractivity contribution in [2.24, 2.45) is 5.73 Å². The van der Waals surface area contributed by atoms with Crippen molar-refractivity contribution in [3.05, 3.63) is 28.2 Å². The van der Waals surface area contributed by atoms with E-state index in [0.717, 1.165) is 5.56 Å². The highest BCUT2D eigenvalue weighted by atomic mass is 79.9. The van der Waals surface area contributed by atoms with Crippen LogP contribution in [0.2, 0.25) is 0 Å². The molecule has 0 fully saturated rings. The van der Waals surface area contributed by atoms with E-state index in [9.17, 15) is 8.42 Å². The van der Waals surface area contributed by atoms with E-state index in [0.29, 0.717) is 43.8 Å². The number of rotatable bonds is 10. The maximum Gasteiger partial charge on any atom is 0.241 e. The summed E-state index contributed by atoms with van der Waals surface area (Å²) < 4.78 is 37.6. The maximum absolute atomic E-state index is 12.2. The summed E-state index contributed by atoms with van der Waals surface area (Å²) in [5, 5.41) is 0. The van der Waals surface area contributed by atoms with Gasteiger partial charge in [-0.15, -0.1) is 0 Å². The summed E-state index contributed by atoms with van der Waals surface area (Å²) in [4.78, 5) is 0.200. The monoisotopic (exact) mass is 380 g/mol. The van der Waals surface area contributed by atoms with Crippen molar-refractivity contribution >= 4 is 26.0 Å². The van der Waals surface area contributed by atoms with Gasteiger partial charge in [-0.2, -0.15) is 0 Å². The van der Waals surface area contributed by atoms with E-state index in [1.54, 1.807) is 25.3 Å². The second-order valence-corrected chi connectivity index (χ2v) is 6.92. The topological polar surface area (TPSA) is 90.6 Å². The Balaban J connectivity index is 2.50. The third kappa shape index (κ3) is 6.41. The van der Waals surface area contributed by atoms with Crippen LogP contribution in [0, 0.1) is 0 Å². The van der Waals surface area contributed by atoms with Gasteiger partial charge >= 0.3 is 0 Å². The Morgan fingerprint density at radius 1 is 1.29 bits per heavy atom. The van der Waals surface area contributed by atoms with Gasteiger partial charge in [0.25, 0.3) is 0 Å². The zero-order valence-corrected chi connectivity index (χ0v) is 14.4. The summed E-state index contributed by atoms with van der Waals surface area (Å²) in [7, 11) is -1.95. The maximum atomic E-state index is 12.2. The molecule has 0 heterocycles. The van der Waals surface area contributed by atoms with E-state index >= 15 is 0 Å². The lowest BCUT2D eigenvalue weighted by atomic mass is 10.2. The third-order valence-corrected chi connectivity index (χ3v) is 5.17. The van der Waals surface area contributed by atoms with E-state index in [2.05, 4.69) is 20.7 Å². The van der Waals surface area contributed by atoms with Gasteiger partial charge in [-0.1, -0.05) is 6.07 Å². The molecule has 0 aromatic heterocycles. The predicted octanol–water partition coefficient (Wildman–Crippen LogP) is 1.24. The van der Waals surface area contributed by atoms with E-state index in [-0.39, 0.29) is 4.90 Å². The van der Waals surface area contributed by atoms with Crippen molar-refractivity contribution < 1.29 is 17.9 Å². The molecule has 6 nitrogen and oxygen atoms in total. The van der Waals surface area contributed by atoms with Crippen LogP contribution < -0.4 is 10.5 Å². The number of methoxy groups -OCH3 is 1. The second kappa shape index (κ2) is 9.50. The first-order chi connectivity index (χ1) is 10.0. The molecular weight excluding hydrogens is 360 g/mol. The normalized spacial score (nSPS) is 11.8. The average molecular weight is 381 g/mol. The van der Waals surface area contributed by atoms with Crippen LogP contribution in [0.5, 0.6) is 0 Å². The number of hydrogen-bond acceptors (Lipinski definition) is 5. The second-order valence-electron chi connectivity index (χ2n) is 4.33. The Morgan fingerprint density at radius 2 is 2.05 bits per heavy atom. The van der Waals surface area contributed by atoms with Crippen LogP contribution in [-0.2, 0) is 26.0 Å². The summed E-state index contributed by atoms with van der Waals surface area (Å²) >= 11 is 3.25. The Morgan fingerprint density at radius 3 is 2.71 bits per heavy atom. The van der Waals surface area contributed by atoms with Gasteiger partial charge in [-0.05, 0) is 40.0 Å². The van der Waals surface area contributed by atoms with Crippen molar-refractivity contribution in [1.29, 1.82) is 0 Å². The summed E-state index contributed by atoms with van der Waals surface area (Å²) in [6.45, 7) is 2.13. The molecule has 0 saturated carbocycles. The number of nitrogens with two attached hydrogens (primary N) is 1. The Kier molecular flexibility index (Phi) is 8.38. The molecule has 8 heteroatoms. The molecule has 0 radical (unpaired) electrons. The van der Waals surface area contributed by atoms with Gasteiger partial charge in [0.05, 0.1) is 18.1 Å². The average Bonchev–Trinajstić information content (AvgIpc) is 2.46.